The molecule has 1 aliphatic carbocycles. The summed E-state index contributed by atoms with van der Waals surface area (Å²) in [5, 5.41) is 15.4. The van der Waals surface area contributed by atoms with E-state index in [-0.39, 0.29) is 6.67 Å². The van der Waals surface area contributed by atoms with Crippen LogP contribution in [0.4, 0.5) is 13.2 Å². The zero-order chi connectivity index (χ0) is 22.7. The number of amides is 1. The Balaban J connectivity index is 1.81. The van der Waals surface area contributed by atoms with E-state index in [1.54, 1.807) is 12.1 Å². The standard InChI is InChI=1S/C22H17F3N4O3/c1-27-10-28(29-18(22(27)32)19(30)20(31)21(25)26-29)17-15-6-4-13(23)8-11(15)2-3-12-9-14(24)5-7-16(12)17/h4-9,17,30H,2-3,10H2,1H3. The smallest absolute Gasteiger partial charge is 0.284 e. The molecule has 1 aliphatic heterocycles. The van der Waals surface area contributed by atoms with E-state index in [1.807, 2.05) is 0 Å². The maximum absolute atomic E-state index is 14.3. The molecule has 1 amide bonds. The van der Waals surface area contributed by atoms with Crippen molar-refractivity contribution in [1.29, 1.82) is 0 Å². The van der Waals surface area contributed by atoms with Crippen molar-refractivity contribution in [2.24, 2.45) is 0 Å². The first-order chi connectivity index (χ1) is 15.3. The maximum Gasteiger partial charge on any atom is 0.284 e. The molecule has 0 fully saturated rings. The number of aromatic hydroxyl groups is 1. The molecule has 164 valence electrons. The van der Waals surface area contributed by atoms with E-state index in [2.05, 4.69) is 5.10 Å². The van der Waals surface area contributed by atoms with Gasteiger partial charge in [-0.3, -0.25) is 14.6 Å². The Morgan fingerprint density at radius 3 is 2.09 bits per heavy atom. The molecule has 7 nitrogen and oxygen atoms in total. The molecule has 0 bridgehead atoms. The molecule has 10 heteroatoms. The number of carbonyl (C=O) groups is 1. The average Bonchev–Trinajstić information content (AvgIpc) is 2.90. The van der Waals surface area contributed by atoms with Gasteiger partial charge in [-0.1, -0.05) is 12.1 Å². The van der Waals surface area contributed by atoms with Gasteiger partial charge < -0.3 is 10.0 Å². The van der Waals surface area contributed by atoms with Gasteiger partial charge in [-0.25, -0.2) is 8.78 Å². The normalized spacial score (nSPS) is 15.8. The lowest BCUT2D eigenvalue weighted by Crippen LogP contribution is -2.55. The Morgan fingerprint density at radius 2 is 1.53 bits per heavy atom. The number of carbonyl (C=O) groups excluding carboxylic acids is 1. The van der Waals surface area contributed by atoms with Crippen molar-refractivity contribution < 1.29 is 23.1 Å². The van der Waals surface area contributed by atoms with Crippen LogP contribution in [0.5, 0.6) is 5.75 Å². The van der Waals surface area contributed by atoms with Gasteiger partial charge in [0.05, 0.1) is 6.04 Å². The molecule has 0 saturated heterocycles. The van der Waals surface area contributed by atoms with Crippen LogP contribution in [0.1, 0.15) is 38.8 Å². The van der Waals surface area contributed by atoms with Gasteiger partial charge >= 0.3 is 0 Å². The molecule has 1 N–H and O–H groups in total. The highest BCUT2D eigenvalue weighted by molar-refractivity contribution is 5.95. The van der Waals surface area contributed by atoms with Crippen LogP contribution in [0.3, 0.4) is 0 Å². The fourth-order valence-corrected chi connectivity index (χ4v) is 4.44. The molecule has 0 spiro atoms. The van der Waals surface area contributed by atoms with Crippen LogP contribution < -0.4 is 10.4 Å². The van der Waals surface area contributed by atoms with E-state index in [9.17, 15) is 27.9 Å². The van der Waals surface area contributed by atoms with E-state index >= 15 is 0 Å². The number of benzene rings is 2. The van der Waals surface area contributed by atoms with Gasteiger partial charge in [0.2, 0.25) is 5.75 Å². The molecule has 2 aliphatic rings. The number of hydrogen-bond acceptors (Lipinski definition) is 5. The number of nitrogens with zero attached hydrogens (tertiary/aromatic N) is 4. The molecule has 3 aromatic rings. The maximum atomic E-state index is 14.3. The van der Waals surface area contributed by atoms with E-state index in [0.717, 1.165) is 4.79 Å². The van der Waals surface area contributed by atoms with Crippen LogP contribution in [0, 0.1) is 17.6 Å². The van der Waals surface area contributed by atoms with Crippen LogP contribution >= 0.6 is 0 Å². The van der Waals surface area contributed by atoms with E-state index < -0.39 is 46.4 Å². The molecule has 2 heterocycles. The van der Waals surface area contributed by atoms with Gasteiger partial charge in [0.15, 0.2) is 5.69 Å². The number of hydrogen-bond donors (Lipinski definition) is 1. The number of rotatable bonds is 1. The summed E-state index contributed by atoms with van der Waals surface area (Å²) in [6.07, 6.45) is 0.874. The molecular formula is C22H17F3N4O3. The van der Waals surface area contributed by atoms with Gasteiger partial charge in [0.1, 0.15) is 18.3 Å². The molecule has 5 rings (SSSR count). The number of aromatic nitrogens is 2. The third kappa shape index (κ3) is 2.94. The average molecular weight is 442 g/mol. The molecule has 1 aromatic heterocycles. The van der Waals surface area contributed by atoms with E-state index in [4.69, 9.17) is 0 Å². The van der Waals surface area contributed by atoms with Crippen LogP contribution in [-0.4, -0.2) is 39.5 Å². The topological polar surface area (TPSA) is 78.7 Å². The summed E-state index contributed by atoms with van der Waals surface area (Å²) >= 11 is 0. The second kappa shape index (κ2) is 7.11. The molecule has 0 unspecified atom stereocenters. The summed E-state index contributed by atoms with van der Waals surface area (Å²) in [5.74, 6) is -4.10. The van der Waals surface area contributed by atoms with Crippen LogP contribution in [0.2, 0.25) is 0 Å². The van der Waals surface area contributed by atoms with Gasteiger partial charge in [-0.05, 0) is 59.4 Å². The van der Waals surface area contributed by atoms with Crippen molar-refractivity contribution >= 4 is 5.91 Å². The highest BCUT2D eigenvalue weighted by Crippen LogP contribution is 2.38. The second-order valence-corrected chi connectivity index (χ2v) is 7.88. The van der Waals surface area contributed by atoms with Gasteiger partial charge in [-0.2, -0.15) is 9.18 Å². The first kappa shape index (κ1) is 20.1. The fourth-order valence-electron chi connectivity index (χ4n) is 4.44. The summed E-state index contributed by atoms with van der Waals surface area (Å²) in [6, 6.07) is 7.80. The third-order valence-corrected chi connectivity index (χ3v) is 5.92. The predicted molar refractivity (Wildman–Crippen MR) is 107 cm³/mol. The van der Waals surface area contributed by atoms with Crippen LogP contribution in [0.15, 0.2) is 41.2 Å². The Morgan fingerprint density at radius 1 is 0.969 bits per heavy atom. The van der Waals surface area contributed by atoms with E-state index in [1.165, 1.54) is 41.2 Å². The fraction of sp³-hybridized carbons (Fsp3) is 0.227. The number of fused-ring (bicyclic) bond motifs is 3. The SMILES string of the molecule is CN1CN(C2c3ccc(F)cc3CCc3cc(F)ccc32)n2nc(F)c(=O)c(O)c2C1=O. The third-order valence-electron chi connectivity index (χ3n) is 5.92. The summed E-state index contributed by atoms with van der Waals surface area (Å²) in [7, 11) is 1.46. The van der Waals surface area contributed by atoms with Crippen molar-refractivity contribution in [2.45, 2.75) is 18.9 Å². The Bertz CT molecular complexity index is 1290. The Kier molecular flexibility index (Phi) is 4.47. The molecular weight excluding hydrogens is 425 g/mol. The summed E-state index contributed by atoms with van der Waals surface area (Å²) < 4.78 is 42.3. The lowest BCUT2D eigenvalue weighted by molar-refractivity contribution is 0.0712. The van der Waals surface area contributed by atoms with Crippen molar-refractivity contribution in [2.75, 3.05) is 18.7 Å². The molecule has 32 heavy (non-hydrogen) atoms. The number of halogens is 3. The minimum Gasteiger partial charge on any atom is -0.502 e. The zero-order valence-electron chi connectivity index (χ0n) is 16.8. The predicted octanol–water partition coefficient (Wildman–Crippen LogP) is 2.24. The summed E-state index contributed by atoms with van der Waals surface area (Å²) in [5.41, 5.74) is 0.779. The minimum atomic E-state index is -1.47. The summed E-state index contributed by atoms with van der Waals surface area (Å²) in [6.45, 7) is -0.0844. The molecule has 0 atom stereocenters. The Hall–Kier alpha value is -3.82. The van der Waals surface area contributed by atoms with Gasteiger partial charge in [0, 0.05) is 7.05 Å². The molecule has 2 aromatic carbocycles. The van der Waals surface area contributed by atoms with Crippen molar-refractivity contribution in [3.05, 3.63) is 92.2 Å². The summed E-state index contributed by atoms with van der Waals surface area (Å²) in [4.78, 5) is 26.7. The van der Waals surface area contributed by atoms with E-state index in [0.29, 0.717) is 35.1 Å². The zero-order valence-corrected chi connectivity index (χ0v) is 16.8. The highest BCUT2D eigenvalue weighted by Gasteiger charge is 2.39. The monoisotopic (exact) mass is 442 g/mol. The quantitative estimate of drug-likeness (QED) is 0.626. The first-order valence-electron chi connectivity index (χ1n) is 9.87. The van der Waals surface area contributed by atoms with Gasteiger partial charge in [0.25, 0.3) is 17.3 Å². The van der Waals surface area contributed by atoms with Crippen molar-refractivity contribution in [3.63, 3.8) is 0 Å². The minimum absolute atomic E-state index is 0.0844. The Labute approximate surface area is 179 Å². The highest BCUT2D eigenvalue weighted by atomic mass is 19.1. The van der Waals surface area contributed by atoms with Crippen molar-refractivity contribution in [3.8, 4) is 5.75 Å². The lowest BCUT2D eigenvalue weighted by atomic mass is 9.94. The second-order valence-electron chi connectivity index (χ2n) is 7.88. The molecule has 0 saturated carbocycles. The first-order valence-corrected chi connectivity index (χ1v) is 9.87. The van der Waals surface area contributed by atoms with Crippen molar-refractivity contribution in [1.82, 2.24) is 14.8 Å². The van der Waals surface area contributed by atoms with Crippen LogP contribution in [0.25, 0.3) is 0 Å². The van der Waals surface area contributed by atoms with Crippen LogP contribution in [-0.2, 0) is 12.8 Å². The number of aryl methyl sites for hydroxylation is 2. The molecule has 0 radical (unpaired) electrons. The van der Waals surface area contributed by atoms with Gasteiger partial charge in [-0.15, -0.1) is 5.10 Å². The lowest BCUT2D eigenvalue weighted by Gasteiger charge is -2.42. The largest absolute Gasteiger partial charge is 0.502 e.